The standard InChI is InChI=1S/C18H29N5O.HI/c1-3-19-18(20-11-15-7-5-4-6-8-15)23-9-10-24-17(14-23)16-12-21-22(2)13-16;/h4-5,12-13,15,17H,3,6-11,14H2,1-2H3,(H,19,20);1H. The molecule has 1 aliphatic heterocycles. The van der Waals surface area contributed by atoms with E-state index >= 15 is 0 Å². The van der Waals surface area contributed by atoms with Crippen LogP contribution >= 0.6 is 24.0 Å². The second-order valence-corrected chi connectivity index (χ2v) is 6.60. The molecule has 1 N–H and O–H groups in total. The van der Waals surface area contributed by atoms with Crippen LogP contribution in [0.2, 0.25) is 0 Å². The van der Waals surface area contributed by atoms with Gasteiger partial charge in [0.25, 0.3) is 0 Å². The van der Waals surface area contributed by atoms with Crippen molar-refractivity contribution in [1.29, 1.82) is 0 Å². The van der Waals surface area contributed by atoms with Gasteiger partial charge in [-0.05, 0) is 32.1 Å². The van der Waals surface area contributed by atoms with Crippen molar-refractivity contribution in [3.05, 3.63) is 30.1 Å². The highest BCUT2D eigenvalue weighted by Crippen LogP contribution is 2.22. The Hall–Kier alpha value is -1.09. The zero-order valence-electron chi connectivity index (χ0n) is 15.2. The predicted octanol–water partition coefficient (Wildman–Crippen LogP) is 2.73. The molecule has 1 aromatic rings. The van der Waals surface area contributed by atoms with Gasteiger partial charge in [0.15, 0.2) is 5.96 Å². The summed E-state index contributed by atoms with van der Waals surface area (Å²) in [4.78, 5) is 7.24. The lowest BCUT2D eigenvalue weighted by Crippen LogP contribution is -2.48. The number of hydrogen-bond acceptors (Lipinski definition) is 3. The molecule has 0 amide bonds. The molecule has 7 heteroatoms. The summed E-state index contributed by atoms with van der Waals surface area (Å²) in [6.45, 7) is 6.34. The minimum absolute atomic E-state index is 0. The molecule has 2 unspecified atom stereocenters. The first-order chi connectivity index (χ1) is 11.8. The lowest BCUT2D eigenvalue weighted by atomic mass is 9.95. The van der Waals surface area contributed by atoms with Crippen molar-refractivity contribution in [1.82, 2.24) is 20.0 Å². The molecule has 2 aliphatic rings. The van der Waals surface area contributed by atoms with Gasteiger partial charge in [-0.2, -0.15) is 5.10 Å². The van der Waals surface area contributed by atoms with E-state index in [0.29, 0.717) is 5.92 Å². The lowest BCUT2D eigenvalue weighted by molar-refractivity contribution is -0.00806. The molecule has 1 aliphatic carbocycles. The molecule has 0 spiro atoms. The number of guanidine groups is 1. The molecule has 0 saturated carbocycles. The fourth-order valence-electron chi connectivity index (χ4n) is 3.31. The summed E-state index contributed by atoms with van der Waals surface area (Å²) < 4.78 is 7.77. The molecular formula is C18H30IN5O. The number of ether oxygens (including phenoxy) is 1. The van der Waals surface area contributed by atoms with Gasteiger partial charge in [0.1, 0.15) is 6.10 Å². The number of morpholine rings is 1. The smallest absolute Gasteiger partial charge is 0.194 e. The number of aliphatic imine (C=N–C) groups is 1. The van der Waals surface area contributed by atoms with Gasteiger partial charge in [-0.25, -0.2) is 0 Å². The van der Waals surface area contributed by atoms with Gasteiger partial charge < -0.3 is 15.0 Å². The van der Waals surface area contributed by atoms with E-state index in [1.807, 2.05) is 24.1 Å². The Morgan fingerprint density at radius 2 is 2.32 bits per heavy atom. The van der Waals surface area contributed by atoms with E-state index in [1.165, 1.54) is 12.8 Å². The molecule has 3 rings (SSSR count). The SMILES string of the molecule is CCNC(=NCC1CC=CCC1)N1CCOC(c2cnn(C)c2)C1.I. The van der Waals surface area contributed by atoms with Crippen molar-refractivity contribution in [3.8, 4) is 0 Å². The maximum atomic E-state index is 5.94. The minimum Gasteiger partial charge on any atom is -0.370 e. The number of aryl methyl sites for hydroxylation is 1. The van der Waals surface area contributed by atoms with E-state index in [0.717, 1.165) is 50.7 Å². The van der Waals surface area contributed by atoms with Crippen molar-refractivity contribution < 1.29 is 4.74 Å². The molecule has 0 radical (unpaired) electrons. The summed E-state index contributed by atoms with van der Waals surface area (Å²) >= 11 is 0. The Kier molecular flexibility index (Phi) is 8.21. The second kappa shape index (κ2) is 10.2. The van der Waals surface area contributed by atoms with E-state index in [-0.39, 0.29) is 30.1 Å². The molecule has 0 aromatic carbocycles. The summed E-state index contributed by atoms with van der Waals surface area (Å²) in [6, 6.07) is 0. The predicted molar refractivity (Wildman–Crippen MR) is 111 cm³/mol. The third-order valence-electron chi connectivity index (χ3n) is 4.67. The topological polar surface area (TPSA) is 54.7 Å². The third kappa shape index (κ3) is 5.70. The minimum atomic E-state index is 0. The molecule has 140 valence electrons. The average Bonchev–Trinajstić information content (AvgIpc) is 3.06. The van der Waals surface area contributed by atoms with E-state index in [4.69, 9.17) is 9.73 Å². The largest absolute Gasteiger partial charge is 0.370 e. The second-order valence-electron chi connectivity index (χ2n) is 6.60. The van der Waals surface area contributed by atoms with Crippen LogP contribution in [0, 0.1) is 5.92 Å². The van der Waals surface area contributed by atoms with Crippen LogP contribution in [0.15, 0.2) is 29.5 Å². The fourth-order valence-corrected chi connectivity index (χ4v) is 3.31. The van der Waals surface area contributed by atoms with E-state index in [1.54, 1.807) is 0 Å². The molecule has 2 atom stereocenters. The number of rotatable bonds is 4. The van der Waals surface area contributed by atoms with E-state index < -0.39 is 0 Å². The molecule has 6 nitrogen and oxygen atoms in total. The van der Waals surface area contributed by atoms with E-state index in [2.05, 4.69) is 34.4 Å². The molecule has 2 heterocycles. The quantitative estimate of drug-likeness (QED) is 0.326. The summed E-state index contributed by atoms with van der Waals surface area (Å²) in [6.07, 6.45) is 12.2. The van der Waals surface area contributed by atoms with Crippen molar-refractivity contribution >= 4 is 29.9 Å². The van der Waals surface area contributed by atoms with Gasteiger partial charge in [0.2, 0.25) is 0 Å². The number of aromatic nitrogens is 2. The first-order valence-electron chi connectivity index (χ1n) is 9.04. The molecule has 1 fully saturated rings. The Morgan fingerprint density at radius 1 is 1.44 bits per heavy atom. The Morgan fingerprint density at radius 3 is 3.00 bits per heavy atom. The van der Waals surface area contributed by atoms with Crippen LogP contribution in [0.1, 0.15) is 37.9 Å². The van der Waals surface area contributed by atoms with Gasteiger partial charge in [-0.1, -0.05) is 12.2 Å². The fraction of sp³-hybridized carbons (Fsp3) is 0.667. The van der Waals surface area contributed by atoms with Crippen LogP contribution in [-0.2, 0) is 11.8 Å². The van der Waals surface area contributed by atoms with Crippen molar-refractivity contribution in [2.45, 2.75) is 32.3 Å². The highest BCUT2D eigenvalue weighted by Gasteiger charge is 2.25. The van der Waals surface area contributed by atoms with Gasteiger partial charge >= 0.3 is 0 Å². The summed E-state index contributed by atoms with van der Waals surface area (Å²) in [5, 5.41) is 7.71. The molecule has 25 heavy (non-hydrogen) atoms. The number of hydrogen-bond donors (Lipinski definition) is 1. The Labute approximate surface area is 167 Å². The van der Waals surface area contributed by atoms with Crippen LogP contribution in [0.4, 0.5) is 0 Å². The Bertz CT molecular complexity index is 586. The van der Waals surface area contributed by atoms with Crippen LogP contribution in [0.25, 0.3) is 0 Å². The maximum Gasteiger partial charge on any atom is 0.194 e. The maximum absolute atomic E-state index is 5.94. The number of halogens is 1. The van der Waals surface area contributed by atoms with Crippen molar-refractivity contribution in [2.24, 2.45) is 18.0 Å². The van der Waals surface area contributed by atoms with Crippen LogP contribution in [0.5, 0.6) is 0 Å². The molecular weight excluding hydrogens is 429 g/mol. The van der Waals surface area contributed by atoms with Gasteiger partial charge in [0, 0.05) is 38.4 Å². The van der Waals surface area contributed by atoms with Crippen molar-refractivity contribution in [2.75, 3.05) is 32.8 Å². The molecule has 0 bridgehead atoms. The summed E-state index contributed by atoms with van der Waals surface area (Å²) in [7, 11) is 1.94. The third-order valence-corrected chi connectivity index (χ3v) is 4.67. The molecule has 1 saturated heterocycles. The first-order valence-corrected chi connectivity index (χ1v) is 9.04. The Balaban J connectivity index is 0.00000225. The van der Waals surface area contributed by atoms with Crippen LogP contribution in [-0.4, -0.2) is 53.4 Å². The van der Waals surface area contributed by atoms with Crippen LogP contribution in [0.3, 0.4) is 0 Å². The highest BCUT2D eigenvalue weighted by atomic mass is 127. The zero-order chi connectivity index (χ0) is 16.8. The summed E-state index contributed by atoms with van der Waals surface area (Å²) in [5.41, 5.74) is 1.13. The highest BCUT2D eigenvalue weighted by molar-refractivity contribution is 14.0. The van der Waals surface area contributed by atoms with E-state index in [9.17, 15) is 0 Å². The average molecular weight is 459 g/mol. The summed E-state index contributed by atoms with van der Waals surface area (Å²) in [5.74, 6) is 1.70. The normalized spacial score (nSPS) is 24.1. The zero-order valence-corrected chi connectivity index (χ0v) is 17.6. The van der Waals surface area contributed by atoms with Gasteiger partial charge in [-0.3, -0.25) is 9.67 Å². The number of allylic oxidation sites excluding steroid dienone is 2. The monoisotopic (exact) mass is 459 g/mol. The van der Waals surface area contributed by atoms with Crippen LogP contribution < -0.4 is 5.32 Å². The van der Waals surface area contributed by atoms with Gasteiger partial charge in [0.05, 0.1) is 19.3 Å². The number of nitrogens with one attached hydrogen (secondary N) is 1. The van der Waals surface area contributed by atoms with Crippen molar-refractivity contribution in [3.63, 3.8) is 0 Å². The molecule has 1 aromatic heterocycles. The first kappa shape index (κ1) is 20.2. The van der Waals surface area contributed by atoms with Gasteiger partial charge in [-0.15, -0.1) is 24.0 Å². The lowest BCUT2D eigenvalue weighted by Gasteiger charge is -2.35. The number of nitrogens with zero attached hydrogens (tertiary/aromatic N) is 4.